The van der Waals surface area contributed by atoms with Crippen molar-refractivity contribution in [2.24, 2.45) is 5.92 Å². The zero-order chi connectivity index (χ0) is 14.6. The van der Waals surface area contributed by atoms with Crippen LogP contribution in [0.15, 0.2) is 29.2 Å². The van der Waals surface area contributed by atoms with Gasteiger partial charge in [0.1, 0.15) is 0 Å². The Labute approximate surface area is 122 Å². The van der Waals surface area contributed by atoms with E-state index >= 15 is 0 Å². The van der Waals surface area contributed by atoms with Gasteiger partial charge in [-0.3, -0.25) is 0 Å². The highest BCUT2D eigenvalue weighted by molar-refractivity contribution is 7.98. The zero-order valence-corrected chi connectivity index (χ0v) is 12.4. The number of hydrogen-bond donors (Lipinski definition) is 1. The van der Waals surface area contributed by atoms with Crippen molar-refractivity contribution in [2.75, 3.05) is 6.26 Å². The lowest BCUT2D eigenvalue weighted by Gasteiger charge is -2.31. The summed E-state index contributed by atoms with van der Waals surface area (Å²) in [5.74, 6) is -1.13. The number of nitrogens with one attached hydrogen (secondary N) is 1. The van der Waals surface area contributed by atoms with Crippen molar-refractivity contribution < 1.29 is 13.2 Å². The van der Waals surface area contributed by atoms with E-state index in [2.05, 4.69) is 5.32 Å². The van der Waals surface area contributed by atoms with E-state index in [4.69, 9.17) is 0 Å². The number of thioether (sulfide) groups is 1. The number of hydrogen-bond acceptors (Lipinski definition) is 2. The average Bonchev–Trinajstić information content (AvgIpc) is 2.45. The molecule has 0 heterocycles. The largest absolute Gasteiger partial charge is 0.391 e. The minimum absolute atomic E-state index is 0.0180. The van der Waals surface area contributed by atoms with E-state index in [1.165, 1.54) is 4.90 Å². The number of rotatable bonds is 4. The molecule has 0 radical (unpaired) electrons. The maximum Gasteiger partial charge on any atom is 0.391 e. The smallest absolute Gasteiger partial charge is 0.310 e. The Balaban J connectivity index is 1.83. The third-order valence-corrected chi connectivity index (χ3v) is 4.63. The van der Waals surface area contributed by atoms with Crippen molar-refractivity contribution in [3.8, 4) is 0 Å². The van der Waals surface area contributed by atoms with Gasteiger partial charge in [0, 0.05) is 17.5 Å². The van der Waals surface area contributed by atoms with Crippen molar-refractivity contribution in [1.29, 1.82) is 0 Å². The molecular formula is C15H20F3NS. The van der Waals surface area contributed by atoms with Crippen LogP contribution in [0, 0.1) is 5.92 Å². The second-order valence-electron chi connectivity index (χ2n) is 5.33. The van der Waals surface area contributed by atoms with Gasteiger partial charge in [-0.25, -0.2) is 0 Å². The van der Waals surface area contributed by atoms with Gasteiger partial charge in [-0.15, -0.1) is 11.8 Å². The molecule has 5 heteroatoms. The molecule has 1 aliphatic rings. The predicted molar refractivity (Wildman–Crippen MR) is 76.9 cm³/mol. The normalized spacial score (nSPS) is 23.8. The number of halogens is 3. The summed E-state index contributed by atoms with van der Waals surface area (Å²) in [4.78, 5) is 1.20. The highest BCUT2D eigenvalue weighted by atomic mass is 32.2. The molecule has 1 aromatic rings. The molecule has 1 nitrogen and oxygen atoms in total. The molecule has 0 bridgehead atoms. The quantitative estimate of drug-likeness (QED) is 0.815. The second-order valence-corrected chi connectivity index (χ2v) is 6.21. The minimum Gasteiger partial charge on any atom is -0.310 e. The maximum atomic E-state index is 12.7. The zero-order valence-electron chi connectivity index (χ0n) is 11.5. The lowest BCUT2D eigenvalue weighted by atomic mass is 9.85. The van der Waals surface area contributed by atoms with Crippen LogP contribution in [0.4, 0.5) is 13.2 Å². The summed E-state index contributed by atoms with van der Waals surface area (Å²) in [6.07, 6.45) is -0.0217. The van der Waals surface area contributed by atoms with E-state index < -0.39 is 12.1 Å². The summed E-state index contributed by atoms with van der Waals surface area (Å²) in [5, 5.41) is 3.27. The molecule has 2 rings (SSSR count). The van der Waals surface area contributed by atoms with Crippen LogP contribution in [0.2, 0.25) is 0 Å². The van der Waals surface area contributed by atoms with Gasteiger partial charge in [0.15, 0.2) is 0 Å². The van der Waals surface area contributed by atoms with Crippen molar-refractivity contribution in [1.82, 2.24) is 5.32 Å². The molecule has 1 aromatic carbocycles. The lowest BCUT2D eigenvalue weighted by Crippen LogP contribution is -2.38. The highest BCUT2D eigenvalue weighted by Crippen LogP contribution is 2.37. The standard InChI is InChI=1S/C15H20F3NS/c1-20-14-7-5-11(6-8-14)10-19-13-4-2-3-12(9-13)15(16,17)18/h5-8,12-13,19H,2-4,9-10H2,1H3. The summed E-state index contributed by atoms with van der Waals surface area (Å²) in [6.45, 7) is 0.643. The monoisotopic (exact) mass is 303 g/mol. The molecule has 1 aliphatic carbocycles. The third-order valence-electron chi connectivity index (χ3n) is 3.89. The van der Waals surface area contributed by atoms with E-state index in [1.807, 2.05) is 30.5 Å². The molecular weight excluding hydrogens is 283 g/mol. The fraction of sp³-hybridized carbons (Fsp3) is 0.600. The third kappa shape index (κ3) is 4.42. The van der Waals surface area contributed by atoms with E-state index in [0.29, 0.717) is 13.0 Å². The first-order valence-corrected chi connectivity index (χ1v) is 8.14. The first kappa shape index (κ1) is 15.7. The molecule has 20 heavy (non-hydrogen) atoms. The van der Waals surface area contributed by atoms with E-state index in [0.717, 1.165) is 12.0 Å². The summed E-state index contributed by atoms with van der Waals surface area (Å²) < 4.78 is 38.2. The molecule has 0 amide bonds. The Bertz CT molecular complexity index is 416. The average molecular weight is 303 g/mol. The Morgan fingerprint density at radius 3 is 2.50 bits per heavy atom. The van der Waals surface area contributed by atoms with E-state index in [1.54, 1.807) is 11.8 Å². The van der Waals surface area contributed by atoms with Gasteiger partial charge in [0.05, 0.1) is 5.92 Å². The maximum absolute atomic E-state index is 12.7. The van der Waals surface area contributed by atoms with Crippen LogP contribution < -0.4 is 5.32 Å². The second kappa shape index (κ2) is 6.85. The summed E-state index contributed by atoms with van der Waals surface area (Å²) >= 11 is 1.68. The summed E-state index contributed by atoms with van der Waals surface area (Å²) in [6, 6.07) is 8.13. The van der Waals surface area contributed by atoms with Crippen LogP contribution in [-0.4, -0.2) is 18.5 Å². The van der Waals surface area contributed by atoms with Gasteiger partial charge in [0.2, 0.25) is 0 Å². The molecule has 0 aliphatic heterocycles. The van der Waals surface area contributed by atoms with Crippen LogP contribution in [-0.2, 0) is 6.54 Å². The number of alkyl halides is 3. The van der Waals surface area contributed by atoms with Gasteiger partial charge in [-0.1, -0.05) is 18.6 Å². The molecule has 112 valence electrons. The van der Waals surface area contributed by atoms with E-state index in [9.17, 15) is 13.2 Å². The van der Waals surface area contributed by atoms with Crippen LogP contribution >= 0.6 is 11.8 Å². The fourth-order valence-corrected chi connectivity index (χ4v) is 3.09. The van der Waals surface area contributed by atoms with Crippen molar-refractivity contribution in [3.05, 3.63) is 29.8 Å². The Morgan fingerprint density at radius 2 is 1.90 bits per heavy atom. The van der Waals surface area contributed by atoms with Crippen LogP contribution in [0.5, 0.6) is 0 Å². The Morgan fingerprint density at radius 1 is 1.20 bits per heavy atom. The molecule has 0 spiro atoms. The topological polar surface area (TPSA) is 12.0 Å². The van der Waals surface area contributed by atoms with Gasteiger partial charge < -0.3 is 5.32 Å². The lowest BCUT2D eigenvalue weighted by molar-refractivity contribution is -0.183. The molecule has 1 saturated carbocycles. The van der Waals surface area contributed by atoms with Crippen LogP contribution in [0.3, 0.4) is 0 Å². The molecule has 1 N–H and O–H groups in total. The van der Waals surface area contributed by atoms with Gasteiger partial charge in [-0.2, -0.15) is 13.2 Å². The van der Waals surface area contributed by atoms with Crippen LogP contribution in [0.25, 0.3) is 0 Å². The Hall–Kier alpha value is -0.680. The number of benzene rings is 1. The Kier molecular flexibility index (Phi) is 5.38. The SMILES string of the molecule is CSc1ccc(CNC2CCCC(C(F)(F)F)C2)cc1. The minimum atomic E-state index is -4.04. The molecule has 1 fully saturated rings. The molecule has 0 saturated heterocycles. The van der Waals surface area contributed by atoms with E-state index in [-0.39, 0.29) is 18.9 Å². The fourth-order valence-electron chi connectivity index (χ4n) is 2.68. The summed E-state index contributed by atoms with van der Waals surface area (Å²) in [5.41, 5.74) is 1.12. The van der Waals surface area contributed by atoms with Gasteiger partial charge >= 0.3 is 6.18 Å². The molecule has 2 atom stereocenters. The highest BCUT2D eigenvalue weighted by Gasteiger charge is 2.41. The first-order chi connectivity index (χ1) is 9.49. The predicted octanol–water partition coefficient (Wildman–Crippen LogP) is 4.62. The van der Waals surface area contributed by atoms with Gasteiger partial charge in [0.25, 0.3) is 0 Å². The van der Waals surface area contributed by atoms with Crippen molar-refractivity contribution in [2.45, 2.75) is 49.3 Å². The first-order valence-electron chi connectivity index (χ1n) is 6.92. The molecule has 2 unspecified atom stereocenters. The van der Waals surface area contributed by atoms with Crippen LogP contribution in [0.1, 0.15) is 31.2 Å². The van der Waals surface area contributed by atoms with Crippen molar-refractivity contribution in [3.63, 3.8) is 0 Å². The van der Waals surface area contributed by atoms with Crippen molar-refractivity contribution >= 4 is 11.8 Å². The molecule has 0 aromatic heterocycles. The summed E-state index contributed by atoms with van der Waals surface area (Å²) in [7, 11) is 0. The van der Waals surface area contributed by atoms with Gasteiger partial charge in [-0.05, 0) is 43.2 Å².